The Morgan fingerprint density at radius 1 is 1.23 bits per heavy atom. The second-order valence-electron chi connectivity index (χ2n) is 5.26. The molecule has 2 unspecified atom stereocenters. The van der Waals surface area contributed by atoms with Crippen LogP contribution in [-0.2, 0) is 14.3 Å². The number of rotatable bonds is 2. The lowest BCUT2D eigenvalue weighted by molar-refractivity contribution is -0.290. The lowest BCUT2D eigenvalue weighted by Gasteiger charge is -2.43. The van der Waals surface area contributed by atoms with Gasteiger partial charge < -0.3 is 9.64 Å². The second kappa shape index (κ2) is 5.29. The summed E-state index contributed by atoms with van der Waals surface area (Å²) in [5.41, 5.74) is -4.17. The van der Waals surface area contributed by atoms with E-state index in [-0.39, 0.29) is 37.8 Å². The number of ketones is 1. The maximum Gasteiger partial charge on any atom is 0.359 e. The van der Waals surface area contributed by atoms with Crippen molar-refractivity contribution in [1.82, 2.24) is 4.90 Å². The summed E-state index contributed by atoms with van der Waals surface area (Å²) in [5, 5.41) is 0. The maximum absolute atomic E-state index is 14.6. The molecule has 2 atom stereocenters. The Hall–Kier alpha value is -1.51. The van der Waals surface area contributed by atoms with Crippen LogP contribution < -0.4 is 0 Å². The first-order valence-electron chi connectivity index (χ1n) is 6.55. The Balaban J connectivity index is 2.35. The molecule has 0 aromatic carbocycles. The first kappa shape index (κ1) is 16.9. The van der Waals surface area contributed by atoms with Crippen molar-refractivity contribution in [1.29, 1.82) is 0 Å². The van der Waals surface area contributed by atoms with Gasteiger partial charge in [0.1, 0.15) is 11.9 Å². The van der Waals surface area contributed by atoms with Crippen molar-refractivity contribution in [2.75, 3.05) is 20.2 Å². The van der Waals surface area contributed by atoms with Gasteiger partial charge in [0.25, 0.3) is 11.6 Å². The van der Waals surface area contributed by atoms with Crippen molar-refractivity contribution in [2.45, 2.75) is 36.5 Å². The number of ether oxygens (including phenoxy) is 1. The zero-order chi connectivity index (χ0) is 16.8. The van der Waals surface area contributed by atoms with E-state index in [0.717, 1.165) is 7.11 Å². The SMILES string of the molecule is COC1C=CC(F)(C(=O)N2CCC(=O)CC2)C(F)(F)C1(F)F. The quantitative estimate of drug-likeness (QED) is 0.573. The van der Waals surface area contributed by atoms with E-state index in [9.17, 15) is 31.5 Å². The molecule has 0 spiro atoms. The van der Waals surface area contributed by atoms with Gasteiger partial charge in [-0.05, 0) is 12.2 Å². The minimum absolute atomic E-state index is 0.117. The maximum atomic E-state index is 14.6. The first-order valence-corrected chi connectivity index (χ1v) is 6.55. The molecule has 1 fully saturated rings. The van der Waals surface area contributed by atoms with Crippen molar-refractivity contribution in [3.05, 3.63) is 12.2 Å². The van der Waals surface area contributed by atoms with Crippen LogP contribution in [0.3, 0.4) is 0 Å². The Labute approximate surface area is 122 Å². The van der Waals surface area contributed by atoms with Gasteiger partial charge in [-0.3, -0.25) is 9.59 Å². The molecule has 0 radical (unpaired) electrons. The van der Waals surface area contributed by atoms with Gasteiger partial charge in [0.05, 0.1) is 0 Å². The standard InChI is InChI=1S/C13H14F5NO3/c1-22-9-2-5-11(14,13(17,18)12(9,15)16)10(21)19-6-3-8(20)4-7-19/h2,5,9H,3-4,6-7H2,1H3. The van der Waals surface area contributed by atoms with Crippen LogP contribution in [0.15, 0.2) is 12.2 Å². The number of hydrogen-bond donors (Lipinski definition) is 0. The normalized spacial score (nSPS) is 33.8. The van der Waals surface area contributed by atoms with E-state index in [4.69, 9.17) is 0 Å². The van der Waals surface area contributed by atoms with Crippen molar-refractivity contribution in [2.24, 2.45) is 0 Å². The van der Waals surface area contributed by atoms with E-state index in [1.165, 1.54) is 0 Å². The van der Waals surface area contributed by atoms with Crippen LogP contribution in [0, 0.1) is 0 Å². The number of halogens is 5. The minimum Gasteiger partial charge on any atom is -0.371 e. The zero-order valence-electron chi connectivity index (χ0n) is 11.6. The monoisotopic (exact) mass is 327 g/mol. The molecule has 4 nitrogen and oxygen atoms in total. The zero-order valence-corrected chi connectivity index (χ0v) is 11.6. The van der Waals surface area contributed by atoms with Gasteiger partial charge in [0.15, 0.2) is 0 Å². The van der Waals surface area contributed by atoms with E-state index in [1.54, 1.807) is 0 Å². The van der Waals surface area contributed by atoms with E-state index < -0.39 is 29.5 Å². The van der Waals surface area contributed by atoms with Gasteiger partial charge in [0.2, 0.25) is 0 Å². The van der Waals surface area contributed by atoms with E-state index in [2.05, 4.69) is 4.74 Å². The molecule has 124 valence electrons. The third-order valence-electron chi connectivity index (χ3n) is 3.91. The molecule has 9 heteroatoms. The summed E-state index contributed by atoms with van der Waals surface area (Å²) in [4.78, 5) is 23.8. The van der Waals surface area contributed by atoms with Gasteiger partial charge in [-0.2, -0.15) is 17.6 Å². The summed E-state index contributed by atoms with van der Waals surface area (Å²) < 4.78 is 74.2. The lowest BCUT2D eigenvalue weighted by atomic mass is 9.82. The van der Waals surface area contributed by atoms with Gasteiger partial charge in [0, 0.05) is 33.0 Å². The van der Waals surface area contributed by atoms with Gasteiger partial charge in [-0.25, -0.2) is 4.39 Å². The number of nitrogens with zero attached hydrogens (tertiary/aromatic N) is 1. The molecule has 0 saturated carbocycles. The van der Waals surface area contributed by atoms with Crippen LogP contribution in [-0.4, -0.2) is 60.4 Å². The summed E-state index contributed by atoms with van der Waals surface area (Å²) in [7, 11) is 0.780. The first-order chi connectivity index (χ1) is 10.1. The number of likely N-dealkylation sites (tertiary alicyclic amines) is 1. The summed E-state index contributed by atoms with van der Waals surface area (Å²) in [5.74, 6) is -12.1. The fourth-order valence-electron chi connectivity index (χ4n) is 2.49. The number of Topliss-reactive ketones (excluding diaryl/α,β-unsaturated/α-hetero) is 1. The molecule has 1 aliphatic heterocycles. The number of alkyl halides is 5. The lowest BCUT2D eigenvalue weighted by Crippen LogP contribution is -2.68. The molecule has 1 aliphatic carbocycles. The molecular formula is C13H14F5NO3. The molecule has 2 rings (SSSR count). The Kier molecular flexibility index (Phi) is 4.05. The topological polar surface area (TPSA) is 46.6 Å². The Morgan fingerprint density at radius 3 is 2.27 bits per heavy atom. The highest BCUT2D eigenvalue weighted by Crippen LogP contribution is 2.51. The third kappa shape index (κ3) is 2.22. The predicted molar refractivity (Wildman–Crippen MR) is 64.5 cm³/mol. The van der Waals surface area contributed by atoms with Gasteiger partial charge in [-0.1, -0.05) is 0 Å². The van der Waals surface area contributed by atoms with Crippen LogP contribution in [0.1, 0.15) is 12.8 Å². The van der Waals surface area contributed by atoms with Crippen LogP contribution in [0.4, 0.5) is 22.0 Å². The molecule has 2 aliphatic rings. The number of amides is 1. The molecule has 1 amide bonds. The fourth-order valence-corrected chi connectivity index (χ4v) is 2.49. The summed E-state index contributed by atoms with van der Waals surface area (Å²) in [6.07, 6.45) is -2.02. The fraction of sp³-hybridized carbons (Fsp3) is 0.692. The number of carbonyl (C=O) groups is 2. The summed E-state index contributed by atoms with van der Waals surface area (Å²) in [6.45, 7) is -0.543. The van der Waals surface area contributed by atoms with Crippen LogP contribution in [0.25, 0.3) is 0 Å². The van der Waals surface area contributed by atoms with Crippen molar-refractivity contribution >= 4 is 11.7 Å². The molecule has 1 saturated heterocycles. The highest BCUT2D eigenvalue weighted by Gasteiger charge is 2.77. The van der Waals surface area contributed by atoms with Crippen molar-refractivity contribution in [3.63, 3.8) is 0 Å². The largest absolute Gasteiger partial charge is 0.371 e. The van der Waals surface area contributed by atoms with Crippen molar-refractivity contribution < 1.29 is 36.3 Å². The summed E-state index contributed by atoms with van der Waals surface area (Å²) in [6, 6.07) is 0. The van der Waals surface area contributed by atoms with E-state index >= 15 is 0 Å². The molecule has 0 bridgehead atoms. The van der Waals surface area contributed by atoms with Crippen LogP contribution in [0.5, 0.6) is 0 Å². The molecular weight excluding hydrogens is 313 g/mol. The van der Waals surface area contributed by atoms with E-state index in [0.29, 0.717) is 11.0 Å². The number of carbonyl (C=O) groups excluding carboxylic acids is 2. The van der Waals surface area contributed by atoms with Crippen LogP contribution >= 0.6 is 0 Å². The highest BCUT2D eigenvalue weighted by atomic mass is 19.3. The van der Waals surface area contributed by atoms with Crippen molar-refractivity contribution in [3.8, 4) is 0 Å². The molecule has 22 heavy (non-hydrogen) atoms. The predicted octanol–water partition coefficient (Wildman–Crippen LogP) is 1.74. The number of piperidine rings is 1. The molecule has 1 heterocycles. The minimum atomic E-state index is -5.27. The van der Waals surface area contributed by atoms with E-state index in [1.807, 2.05) is 0 Å². The highest BCUT2D eigenvalue weighted by molar-refractivity contribution is 5.91. The summed E-state index contributed by atoms with van der Waals surface area (Å²) >= 11 is 0. The van der Waals surface area contributed by atoms with Crippen LogP contribution in [0.2, 0.25) is 0 Å². The second-order valence-corrected chi connectivity index (χ2v) is 5.26. The average Bonchev–Trinajstić information content (AvgIpc) is 2.45. The molecule has 0 N–H and O–H groups in total. The average molecular weight is 327 g/mol. The number of methoxy groups -OCH3 is 1. The smallest absolute Gasteiger partial charge is 0.359 e. The third-order valence-corrected chi connectivity index (χ3v) is 3.91. The van der Waals surface area contributed by atoms with Gasteiger partial charge >= 0.3 is 11.8 Å². The Bertz CT molecular complexity index is 512. The van der Waals surface area contributed by atoms with Gasteiger partial charge in [-0.15, -0.1) is 0 Å². The number of hydrogen-bond acceptors (Lipinski definition) is 3. The molecule has 0 aromatic heterocycles. The molecule has 0 aromatic rings. The Morgan fingerprint density at radius 2 is 1.77 bits per heavy atom.